The van der Waals surface area contributed by atoms with Gasteiger partial charge in [0.05, 0.1) is 0 Å². The SMILES string of the molecule is CC(Cc1ccsc1)NCc1cccc2cnccc12. The third-order valence-corrected chi connectivity index (χ3v) is 4.27. The minimum Gasteiger partial charge on any atom is -0.310 e. The lowest BCUT2D eigenvalue weighted by Gasteiger charge is -2.14. The quantitative estimate of drug-likeness (QED) is 0.764. The van der Waals surface area contributed by atoms with Crippen molar-refractivity contribution in [3.63, 3.8) is 0 Å². The van der Waals surface area contributed by atoms with Gasteiger partial charge in [-0.15, -0.1) is 0 Å². The van der Waals surface area contributed by atoms with E-state index in [1.54, 1.807) is 11.3 Å². The Bertz CT molecular complexity index is 671. The Hall–Kier alpha value is -1.71. The van der Waals surface area contributed by atoms with Crippen LogP contribution in [0, 0.1) is 0 Å². The molecule has 2 aromatic heterocycles. The zero-order chi connectivity index (χ0) is 13.8. The van der Waals surface area contributed by atoms with Crippen molar-refractivity contribution in [1.29, 1.82) is 0 Å². The largest absolute Gasteiger partial charge is 0.310 e. The fourth-order valence-electron chi connectivity index (χ4n) is 2.46. The van der Waals surface area contributed by atoms with Gasteiger partial charge in [0.1, 0.15) is 0 Å². The first kappa shape index (κ1) is 13.3. The summed E-state index contributed by atoms with van der Waals surface area (Å²) in [6.07, 6.45) is 4.87. The van der Waals surface area contributed by atoms with E-state index in [2.05, 4.69) is 58.3 Å². The Kier molecular flexibility index (Phi) is 4.09. The molecule has 0 bridgehead atoms. The van der Waals surface area contributed by atoms with Crippen molar-refractivity contribution in [1.82, 2.24) is 10.3 Å². The van der Waals surface area contributed by atoms with Crippen LogP contribution < -0.4 is 5.32 Å². The molecule has 3 rings (SSSR count). The minimum absolute atomic E-state index is 0.474. The number of rotatable bonds is 5. The fraction of sp³-hybridized carbons (Fsp3) is 0.235. The van der Waals surface area contributed by atoms with Crippen LogP contribution in [-0.2, 0) is 13.0 Å². The highest BCUT2D eigenvalue weighted by atomic mass is 32.1. The lowest BCUT2D eigenvalue weighted by atomic mass is 10.1. The Morgan fingerprint density at radius 2 is 2.20 bits per heavy atom. The van der Waals surface area contributed by atoms with Crippen LogP contribution in [0.3, 0.4) is 0 Å². The van der Waals surface area contributed by atoms with E-state index in [0.717, 1.165) is 13.0 Å². The van der Waals surface area contributed by atoms with Gasteiger partial charge in [0, 0.05) is 30.4 Å². The Morgan fingerprint density at radius 3 is 3.05 bits per heavy atom. The highest BCUT2D eigenvalue weighted by Gasteiger charge is 2.05. The Labute approximate surface area is 123 Å². The lowest BCUT2D eigenvalue weighted by molar-refractivity contribution is 0.547. The Balaban J connectivity index is 1.67. The first-order valence-electron chi connectivity index (χ1n) is 6.89. The van der Waals surface area contributed by atoms with Gasteiger partial charge in [0.25, 0.3) is 0 Å². The van der Waals surface area contributed by atoms with Crippen molar-refractivity contribution in [2.45, 2.75) is 25.9 Å². The number of benzene rings is 1. The summed E-state index contributed by atoms with van der Waals surface area (Å²) in [6.45, 7) is 3.14. The molecule has 0 amide bonds. The molecule has 2 nitrogen and oxygen atoms in total. The van der Waals surface area contributed by atoms with E-state index >= 15 is 0 Å². The van der Waals surface area contributed by atoms with E-state index in [9.17, 15) is 0 Å². The standard InChI is InChI=1S/C17H18N2S/c1-13(9-14-6-8-20-12-14)19-11-16-4-2-3-15-10-18-7-5-17(15)16/h2-8,10,12-13,19H,9,11H2,1H3. The molecule has 0 fully saturated rings. The van der Waals surface area contributed by atoms with E-state index in [-0.39, 0.29) is 0 Å². The molecule has 0 saturated heterocycles. The van der Waals surface area contributed by atoms with Crippen LogP contribution in [0.5, 0.6) is 0 Å². The average Bonchev–Trinajstić information content (AvgIpc) is 2.98. The van der Waals surface area contributed by atoms with Gasteiger partial charge in [-0.1, -0.05) is 18.2 Å². The predicted octanol–water partition coefficient (Wildman–Crippen LogP) is 4.02. The molecule has 0 aliphatic carbocycles. The Morgan fingerprint density at radius 1 is 1.25 bits per heavy atom. The number of hydrogen-bond donors (Lipinski definition) is 1. The maximum absolute atomic E-state index is 4.18. The van der Waals surface area contributed by atoms with Gasteiger partial charge in [-0.25, -0.2) is 0 Å². The molecule has 0 aliphatic heterocycles. The second kappa shape index (κ2) is 6.16. The minimum atomic E-state index is 0.474. The summed E-state index contributed by atoms with van der Waals surface area (Å²) in [5.41, 5.74) is 2.75. The van der Waals surface area contributed by atoms with Gasteiger partial charge in [-0.05, 0) is 52.8 Å². The molecule has 0 aliphatic rings. The molecule has 2 heterocycles. The summed E-state index contributed by atoms with van der Waals surface area (Å²) in [4.78, 5) is 4.18. The third kappa shape index (κ3) is 3.06. The van der Waals surface area contributed by atoms with Crippen LogP contribution in [0.15, 0.2) is 53.5 Å². The molecule has 1 atom stereocenters. The summed E-state index contributed by atoms with van der Waals surface area (Å²) < 4.78 is 0. The second-order valence-electron chi connectivity index (χ2n) is 5.13. The molecular weight excluding hydrogens is 264 g/mol. The summed E-state index contributed by atoms with van der Waals surface area (Å²) in [6, 6.07) is 11.2. The van der Waals surface area contributed by atoms with E-state index in [0.29, 0.717) is 6.04 Å². The highest BCUT2D eigenvalue weighted by molar-refractivity contribution is 7.07. The summed E-state index contributed by atoms with van der Waals surface area (Å²) in [7, 11) is 0. The average molecular weight is 282 g/mol. The number of nitrogens with one attached hydrogen (secondary N) is 1. The van der Waals surface area contributed by atoms with Crippen molar-refractivity contribution in [2.75, 3.05) is 0 Å². The number of hydrogen-bond acceptors (Lipinski definition) is 3. The van der Waals surface area contributed by atoms with Crippen molar-refractivity contribution >= 4 is 22.1 Å². The first-order valence-corrected chi connectivity index (χ1v) is 7.83. The van der Waals surface area contributed by atoms with Gasteiger partial charge in [-0.2, -0.15) is 11.3 Å². The zero-order valence-corrected chi connectivity index (χ0v) is 12.4. The van der Waals surface area contributed by atoms with Crippen LogP contribution in [0.4, 0.5) is 0 Å². The van der Waals surface area contributed by atoms with E-state index in [1.165, 1.54) is 21.9 Å². The molecule has 1 aromatic carbocycles. The van der Waals surface area contributed by atoms with Crippen molar-refractivity contribution < 1.29 is 0 Å². The number of fused-ring (bicyclic) bond motifs is 1. The number of nitrogens with zero attached hydrogens (tertiary/aromatic N) is 1. The van der Waals surface area contributed by atoms with Crippen LogP contribution in [0.1, 0.15) is 18.1 Å². The first-order chi connectivity index (χ1) is 9.83. The van der Waals surface area contributed by atoms with Gasteiger partial charge in [0.2, 0.25) is 0 Å². The van der Waals surface area contributed by atoms with Gasteiger partial charge < -0.3 is 5.32 Å². The highest BCUT2D eigenvalue weighted by Crippen LogP contribution is 2.17. The maximum atomic E-state index is 4.18. The molecule has 1 N–H and O–H groups in total. The molecular formula is C17H18N2S. The molecule has 3 heteroatoms. The molecule has 20 heavy (non-hydrogen) atoms. The van der Waals surface area contributed by atoms with Crippen LogP contribution in [0.25, 0.3) is 10.8 Å². The number of thiophene rings is 1. The van der Waals surface area contributed by atoms with Crippen LogP contribution >= 0.6 is 11.3 Å². The lowest BCUT2D eigenvalue weighted by Crippen LogP contribution is -2.27. The summed E-state index contributed by atoms with van der Waals surface area (Å²) in [5, 5.41) is 10.5. The number of aromatic nitrogens is 1. The normalized spacial score (nSPS) is 12.7. The molecule has 3 aromatic rings. The van der Waals surface area contributed by atoms with E-state index in [1.807, 2.05) is 12.4 Å². The molecule has 1 unspecified atom stereocenters. The molecule has 0 spiro atoms. The van der Waals surface area contributed by atoms with Crippen molar-refractivity contribution in [2.24, 2.45) is 0 Å². The molecule has 0 radical (unpaired) electrons. The van der Waals surface area contributed by atoms with Gasteiger partial charge in [0.15, 0.2) is 0 Å². The molecule has 0 saturated carbocycles. The van der Waals surface area contributed by atoms with Gasteiger partial charge in [-0.3, -0.25) is 4.98 Å². The summed E-state index contributed by atoms with van der Waals surface area (Å²) >= 11 is 1.76. The van der Waals surface area contributed by atoms with E-state index in [4.69, 9.17) is 0 Å². The zero-order valence-electron chi connectivity index (χ0n) is 11.5. The van der Waals surface area contributed by atoms with Crippen molar-refractivity contribution in [3.05, 3.63) is 64.6 Å². The van der Waals surface area contributed by atoms with Crippen LogP contribution in [-0.4, -0.2) is 11.0 Å². The van der Waals surface area contributed by atoms with Gasteiger partial charge >= 0.3 is 0 Å². The maximum Gasteiger partial charge on any atom is 0.0346 e. The smallest absolute Gasteiger partial charge is 0.0346 e. The van der Waals surface area contributed by atoms with Crippen LogP contribution in [0.2, 0.25) is 0 Å². The molecule has 102 valence electrons. The van der Waals surface area contributed by atoms with Crippen molar-refractivity contribution in [3.8, 4) is 0 Å². The number of pyridine rings is 1. The van der Waals surface area contributed by atoms with E-state index < -0.39 is 0 Å². The topological polar surface area (TPSA) is 24.9 Å². The fourth-order valence-corrected chi connectivity index (χ4v) is 3.14. The second-order valence-corrected chi connectivity index (χ2v) is 5.91. The summed E-state index contributed by atoms with van der Waals surface area (Å²) in [5.74, 6) is 0. The third-order valence-electron chi connectivity index (χ3n) is 3.53. The predicted molar refractivity (Wildman–Crippen MR) is 86.1 cm³/mol. The monoisotopic (exact) mass is 282 g/mol.